The second-order valence-electron chi connectivity index (χ2n) is 6.38. The lowest BCUT2D eigenvalue weighted by Crippen LogP contribution is -2.13. The molecule has 1 aromatic carbocycles. The van der Waals surface area contributed by atoms with Crippen LogP contribution >= 0.6 is 22.9 Å². The zero-order valence-corrected chi connectivity index (χ0v) is 16.7. The lowest BCUT2D eigenvalue weighted by atomic mass is 9.98. The average Bonchev–Trinajstić information content (AvgIpc) is 3.21. The molecule has 3 aromatic rings. The summed E-state index contributed by atoms with van der Waals surface area (Å²) in [4.78, 5) is 13.6. The van der Waals surface area contributed by atoms with Crippen LogP contribution in [0.25, 0.3) is 11.1 Å². The summed E-state index contributed by atoms with van der Waals surface area (Å²) < 4.78 is 2.27. The molecule has 2 N–H and O–H groups in total. The Hall–Kier alpha value is -2.04. The molecule has 0 aliphatic rings. The van der Waals surface area contributed by atoms with E-state index in [1.807, 2.05) is 31.2 Å². The Bertz CT molecular complexity index is 895. The summed E-state index contributed by atoms with van der Waals surface area (Å²) in [5.74, 6) is -0.375. The van der Waals surface area contributed by atoms with Crippen LogP contribution in [0.15, 0.2) is 41.8 Å². The molecular formula is C21H23ClN2OS. The normalized spacial score (nSPS) is 11.0. The number of aryl methyl sites for hydroxylation is 1. The van der Waals surface area contributed by atoms with Crippen molar-refractivity contribution in [2.24, 2.45) is 5.73 Å². The fraction of sp³-hybridized carbons (Fsp3) is 0.286. The number of amides is 1. The first-order valence-electron chi connectivity index (χ1n) is 8.83. The minimum absolute atomic E-state index is 0.375. The van der Waals surface area contributed by atoms with E-state index in [2.05, 4.69) is 29.0 Å². The largest absolute Gasteiger partial charge is 0.366 e. The second kappa shape index (κ2) is 8.11. The summed E-state index contributed by atoms with van der Waals surface area (Å²) in [5.41, 5.74) is 10.5. The molecular weight excluding hydrogens is 364 g/mol. The number of halogens is 1. The van der Waals surface area contributed by atoms with Crippen molar-refractivity contribution in [2.45, 2.75) is 39.7 Å². The van der Waals surface area contributed by atoms with Crippen LogP contribution in [0.1, 0.15) is 40.0 Å². The van der Waals surface area contributed by atoms with Gasteiger partial charge in [0.15, 0.2) is 0 Å². The SMILES string of the molecule is CCCc1c(-c2ccc(Cl)cc2)c(C(N)=O)c(C)n1CCc1cccs1. The zero-order chi connectivity index (χ0) is 18.7. The minimum atomic E-state index is -0.375. The Kier molecular flexibility index (Phi) is 5.84. The van der Waals surface area contributed by atoms with Crippen molar-refractivity contribution in [1.82, 2.24) is 4.57 Å². The highest BCUT2D eigenvalue weighted by Crippen LogP contribution is 2.34. The van der Waals surface area contributed by atoms with Crippen molar-refractivity contribution < 1.29 is 4.79 Å². The van der Waals surface area contributed by atoms with Gasteiger partial charge in [-0.15, -0.1) is 11.3 Å². The molecule has 0 unspecified atom stereocenters. The third kappa shape index (κ3) is 3.71. The van der Waals surface area contributed by atoms with Crippen molar-refractivity contribution >= 4 is 28.8 Å². The molecule has 0 bridgehead atoms. The summed E-state index contributed by atoms with van der Waals surface area (Å²) in [5, 5.41) is 2.78. The standard InChI is InChI=1S/C21H23ClN2OS/c1-3-5-18-20(15-7-9-16(22)10-8-15)19(21(23)25)14(2)24(18)12-11-17-6-4-13-26-17/h4,6-10,13H,3,5,11-12H2,1-2H3,(H2,23,25). The number of benzene rings is 1. The Morgan fingerprint density at radius 3 is 2.50 bits per heavy atom. The van der Waals surface area contributed by atoms with E-state index >= 15 is 0 Å². The highest BCUT2D eigenvalue weighted by atomic mass is 35.5. The molecule has 0 aliphatic carbocycles. The fourth-order valence-electron chi connectivity index (χ4n) is 3.50. The summed E-state index contributed by atoms with van der Waals surface area (Å²) in [6.07, 6.45) is 2.85. The molecule has 0 fully saturated rings. The fourth-order valence-corrected chi connectivity index (χ4v) is 4.33. The maximum atomic E-state index is 12.3. The summed E-state index contributed by atoms with van der Waals surface area (Å²) in [6.45, 7) is 4.99. The molecule has 0 aliphatic heterocycles. The predicted octanol–water partition coefficient (Wildman–Crippen LogP) is 5.47. The van der Waals surface area contributed by atoms with E-state index in [1.54, 1.807) is 11.3 Å². The topological polar surface area (TPSA) is 48.0 Å². The minimum Gasteiger partial charge on any atom is -0.366 e. The Labute approximate surface area is 163 Å². The third-order valence-electron chi connectivity index (χ3n) is 4.66. The summed E-state index contributed by atoms with van der Waals surface area (Å²) in [7, 11) is 0. The Balaban J connectivity index is 2.12. The zero-order valence-electron chi connectivity index (χ0n) is 15.1. The molecule has 26 heavy (non-hydrogen) atoms. The van der Waals surface area contributed by atoms with Crippen LogP contribution in [0, 0.1) is 6.92 Å². The van der Waals surface area contributed by atoms with Gasteiger partial charge in [0.05, 0.1) is 5.56 Å². The van der Waals surface area contributed by atoms with Gasteiger partial charge in [-0.3, -0.25) is 4.79 Å². The number of nitrogens with zero attached hydrogens (tertiary/aromatic N) is 1. The maximum Gasteiger partial charge on any atom is 0.251 e. The molecule has 2 heterocycles. The second-order valence-corrected chi connectivity index (χ2v) is 7.85. The van der Waals surface area contributed by atoms with E-state index in [9.17, 15) is 4.79 Å². The van der Waals surface area contributed by atoms with Crippen molar-refractivity contribution in [2.75, 3.05) is 0 Å². The van der Waals surface area contributed by atoms with Gasteiger partial charge >= 0.3 is 0 Å². The molecule has 1 amide bonds. The van der Waals surface area contributed by atoms with E-state index in [1.165, 1.54) is 10.6 Å². The van der Waals surface area contributed by atoms with E-state index in [-0.39, 0.29) is 5.91 Å². The van der Waals surface area contributed by atoms with Crippen molar-refractivity contribution in [1.29, 1.82) is 0 Å². The van der Waals surface area contributed by atoms with E-state index in [4.69, 9.17) is 17.3 Å². The number of aromatic nitrogens is 1. The summed E-state index contributed by atoms with van der Waals surface area (Å²) in [6, 6.07) is 11.9. The molecule has 0 saturated carbocycles. The van der Waals surface area contributed by atoms with Gasteiger partial charge < -0.3 is 10.3 Å². The first-order valence-corrected chi connectivity index (χ1v) is 10.1. The van der Waals surface area contributed by atoms with E-state index < -0.39 is 0 Å². The highest BCUT2D eigenvalue weighted by Gasteiger charge is 2.24. The highest BCUT2D eigenvalue weighted by molar-refractivity contribution is 7.09. The number of primary amides is 1. The molecule has 0 radical (unpaired) electrons. The van der Waals surface area contributed by atoms with Gasteiger partial charge in [0.2, 0.25) is 0 Å². The van der Waals surface area contributed by atoms with Gasteiger partial charge in [-0.25, -0.2) is 0 Å². The quantitative estimate of drug-likeness (QED) is 0.574. The molecule has 3 nitrogen and oxygen atoms in total. The number of rotatable bonds is 7. The van der Waals surface area contributed by atoms with Crippen LogP contribution in [-0.4, -0.2) is 10.5 Å². The van der Waals surface area contributed by atoms with Gasteiger partial charge in [0, 0.05) is 33.4 Å². The first-order chi connectivity index (χ1) is 12.5. The molecule has 3 rings (SSSR count). The van der Waals surface area contributed by atoms with Crippen LogP contribution in [0.2, 0.25) is 5.02 Å². The van der Waals surface area contributed by atoms with Crippen molar-refractivity contribution in [3.8, 4) is 11.1 Å². The van der Waals surface area contributed by atoms with Crippen LogP contribution in [0.4, 0.5) is 0 Å². The van der Waals surface area contributed by atoms with Crippen molar-refractivity contribution in [3.63, 3.8) is 0 Å². The van der Waals surface area contributed by atoms with Gasteiger partial charge in [0.1, 0.15) is 0 Å². The molecule has 0 spiro atoms. The van der Waals surface area contributed by atoms with Gasteiger partial charge in [-0.1, -0.05) is 43.1 Å². The number of hydrogen-bond donors (Lipinski definition) is 1. The molecule has 0 atom stereocenters. The van der Waals surface area contributed by atoms with E-state index in [0.29, 0.717) is 10.6 Å². The Morgan fingerprint density at radius 1 is 1.19 bits per heavy atom. The van der Waals surface area contributed by atoms with Crippen LogP contribution in [-0.2, 0) is 19.4 Å². The monoisotopic (exact) mass is 386 g/mol. The number of carbonyl (C=O) groups excluding carboxylic acids is 1. The first kappa shape index (κ1) is 18.7. The summed E-state index contributed by atoms with van der Waals surface area (Å²) >= 11 is 7.81. The molecule has 2 aromatic heterocycles. The smallest absolute Gasteiger partial charge is 0.251 e. The van der Waals surface area contributed by atoms with Gasteiger partial charge in [0.25, 0.3) is 5.91 Å². The number of nitrogens with two attached hydrogens (primary N) is 1. The third-order valence-corrected chi connectivity index (χ3v) is 5.85. The molecule has 5 heteroatoms. The van der Waals surface area contributed by atoms with Crippen LogP contribution < -0.4 is 5.73 Å². The lowest BCUT2D eigenvalue weighted by Gasteiger charge is -2.12. The predicted molar refractivity (Wildman–Crippen MR) is 110 cm³/mol. The lowest BCUT2D eigenvalue weighted by molar-refractivity contribution is 0.1000. The number of hydrogen-bond acceptors (Lipinski definition) is 2. The van der Waals surface area contributed by atoms with Crippen LogP contribution in [0.3, 0.4) is 0 Å². The maximum absolute atomic E-state index is 12.3. The van der Waals surface area contributed by atoms with E-state index in [0.717, 1.165) is 42.6 Å². The Morgan fingerprint density at radius 2 is 1.92 bits per heavy atom. The van der Waals surface area contributed by atoms with Crippen LogP contribution in [0.5, 0.6) is 0 Å². The van der Waals surface area contributed by atoms with Gasteiger partial charge in [-0.2, -0.15) is 0 Å². The van der Waals surface area contributed by atoms with Crippen molar-refractivity contribution in [3.05, 3.63) is 68.6 Å². The van der Waals surface area contributed by atoms with Gasteiger partial charge in [-0.05, 0) is 48.9 Å². The number of carbonyl (C=O) groups is 1. The average molecular weight is 387 g/mol. The number of thiophene rings is 1. The molecule has 136 valence electrons. The molecule has 0 saturated heterocycles.